The van der Waals surface area contributed by atoms with Gasteiger partial charge in [0, 0.05) is 25.9 Å². The van der Waals surface area contributed by atoms with Gasteiger partial charge in [0.1, 0.15) is 11.5 Å². The highest BCUT2D eigenvalue weighted by Crippen LogP contribution is 2.19. The molecule has 0 atom stereocenters. The van der Waals surface area contributed by atoms with Crippen molar-refractivity contribution in [2.24, 2.45) is 0 Å². The monoisotopic (exact) mass is 357 g/mol. The molecule has 0 spiro atoms. The van der Waals surface area contributed by atoms with Crippen molar-refractivity contribution < 1.29 is 13.6 Å². The van der Waals surface area contributed by atoms with E-state index in [1.165, 1.54) is 12.3 Å². The van der Waals surface area contributed by atoms with Crippen molar-refractivity contribution in [1.82, 2.24) is 14.8 Å². The Labute approximate surface area is 149 Å². The molecule has 26 heavy (non-hydrogen) atoms. The zero-order valence-electron chi connectivity index (χ0n) is 14.5. The molecule has 134 valence electrons. The number of amides is 1. The third-order valence-corrected chi connectivity index (χ3v) is 3.78. The molecule has 0 saturated carbocycles. The van der Waals surface area contributed by atoms with Crippen molar-refractivity contribution in [2.45, 2.75) is 6.92 Å². The first-order valence-electron chi connectivity index (χ1n) is 7.82. The second kappa shape index (κ2) is 6.91. The molecule has 3 rings (SSSR count). The van der Waals surface area contributed by atoms with Gasteiger partial charge in [0.15, 0.2) is 17.3 Å². The van der Waals surface area contributed by atoms with Crippen molar-refractivity contribution >= 4 is 17.4 Å². The van der Waals surface area contributed by atoms with Gasteiger partial charge in [-0.2, -0.15) is 5.10 Å². The molecule has 8 heteroatoms. The molecule has 0 saturated heterocycles. The predicted octanol–water partition coefficient (Wildman–Crippen LogP) is 3.17. The number of halogens is 2. The second-order valence-electron chi connectivity index (χ2n) is 5.93. The SMILES string of the molecule is Cc1cn(-c2c(F)cccc2F)nc1C(=O)Nc1ccc(N(C)C)cn1. The third-order valence-electron chi connectivity index (χ3n) is 3.78. The quantitative estimate of drug-likeness (QED) is 0.779. The minimum absolute atomic E-state index is 0.0612. The van der Waals surface area contributed by atoms with Crippen LogP contribution in [-0.4, -0.2) is 34.8 Å². The number of nitrogens with one attached hydrogen (secondary N) is 1. The van der Waals surface area contributed by atoms with Gasteiger partial charge in [0.05, 0.1) is 11.9 Å². The van der Waals surface area contributed by atoms with E-state index in [1.54, 1.807) is 19.2 Å². The predicted molar refractivity (Wildman–Crippen MR) is 94.7 cm³/mol. The number of nitrogens with zero attached hydrogens (tertiary/aromatic N) is 4. The number of benzene rings is 1. The summed E-state index contributed by atoms with van der Waals surface area (Å²) >= 11 is 0. The summed E-state index contributed by atoms with van der Waals surface area (Å²) in [5.74, 6) is -1.68. The van der Waals surface area contributed by atoms with E-state index in [-0.39, 0.29) is 11.4 Å². The van der Waals surface area contributed by atoms with E-state index >= 15 is 0 Å². The first-order valence-corrected chi connectivity index (χ1v) is 7.82. The number of carbonyl (C=O) groups is 1. The molecule has 0 aliphatic heterocycles. The molecular weight excluding hydrogens is 340 g/mol. The fourth-order valence-corrected chi connectivity index (χ4v) is 2.41. The summed E-state index contributed by atoms with van der Waals surface area (Å²) in [6.07, 6.45) is 3.02. The van der Waals surface area contributed by atoms with Crippen molar-refractivity contribution in [3.8, 4) is 5.69 Å². The average Bonchev–Trinajstić information content (AvgIpc) is 2.96. The van der Waals surface area contributed by atoms with E-state index < -0.39 is 17.5 Å². The van der Waals surface area contributed by atoms with Gasteiger partial charge in [-0.05, 0) is 31.2 Å². The van der Waals surface area contributed by atoms with Crippen LogP contribution in [0.25, 0.3) is 5.69 Å². The van der Waals surface area contributed by atoms with E-state index in [2.05, 4.69) is 15.4 Å². The number of para-hydroxylation sites is 1. The summed E-state index contributed by atoms with van der Waals surface area (Å²) in [6, 6.07) is 7.00. The lowest BCUT2D eigenvalue weighted by Crippen LogP contribution is -2.16. The van der Waals surface area contributed by atoms with E-state index in [1.807, 2.05) is 25.1 Å². The zero-order chi connectivity index (χ0) is 18.8. The molecule has 1 amide bonds. The molecular formula is C18H17F2N5O. The number of anilines is 2. The first-order chi connectivity index (χ1) is 12.4. The van der Waals surface area contributed by atoms with Crippen LogP contribution in [0.5, 0.6) is 0 Å². The average molecular weight is 357 g/mol. The summed E-state index contributed by atoms with van der Waals surface area (Å²) in [5.41, 5.74) is 1.10. The molecule has 0 aliphatic carbocycles. The van der Waals surface area contributed by atoms with Crippen molar-refractivity contribution in [1.29, 1.82) is 0 Å². The molecule has 1 aromatic carbocycles. The third kappa shape index (κ3) is 3.39. The molecule has 3 aromatic rings. The maximum Gasteiger partial charge on any atom is 0.277 e. The smallest absolute Gasteiger partial charge is 0.277 e. The fourth-order valence-electron chi connectivity index (χ4n) is 2.41. The Morgan fingerprint density at radius 1 is 1.15 bits per heavy atom. The summed E-state index contributed by atoms with van der Waals surface area (Å²) in [4.78, 5) is 18.5. The van der Waals surface area contributed by atoms with Crippen molar-refractivity contribution in [2.75, 3.05) is 24.3 Å². The summed E-state index contributed by atoms with van der Waals surface area (Å²) in [5, 5.41) is 6.66. The highest BCUT2D eigenvalue weighted by molar-refractivity contribution is 6.03. The van der Waals surface area contributed by atoms with Gasteiger partial charge < -0.3 is 10.2 Å². The number of hydrogen-bond donors (Lipinski definition) is 1. The van der Waals surface area contributed by atoms with Crippen LogP contribution in [0.3, 0.4) is 0 Å². The van der Waals surface area contributed by atoms with E-state index in [4.69, 9.17) is 0 Å². The Morgan fingerprint density at radius 2 is 1.85 bits per heavy atom. The molecule has 0 bridgehead atoms. The Bertz CT molecular complexity index is 930. The minimum Gasteiger partial charge on any atom is -0.376 e. The molecule has 2 heterocycles. The van der Waals surface area contributed by atoms with Crippen LogP contribution < -0.4 is 10.2 Å². The molecule has 6 nitrogen and oxygen atoms in total. The van der Waals surface area contributed by atoms with Gasteiger partial charge in [-0.3, -0.25) is 4.79 Å². The van der Waals surface area contributed by atoms with E-state index in [9.17, 15) is 13.6 Å². The number of aryl methyl sites for hydroxylation is 1. The standard InChI is InChI=1S/C18H17F2N5O/c1-11-10-25(17-13(19)5-4-6-14(17)20)23-16(11)18(26)22-15-8-7-12(9-21-15)24(2)3/h4-10H,1-3H3,(H,21,22,26). The lowest BCUT2D eigenvalue weighted by Gasteiger charge is -2.12. The molecule has 2 aromatic heterocycles. The van der Waals surface area contributed by atoms with Crippen LogP contribution >= 0.6 is 0 Å². The fraction of sp³-hybridized carbons (Fsp3) is 0.167. The van der Waals surface area contributed by atoms with Crippen LogP contribution in [0.1, 0.15) is 16.1 Å². The summed E-state index contributed by atoms with van der Waals surface area (Å²) in [6.45, 7) is 1.64. The van der Waals surface area contributed by atoms with Crippen LogP contribution in [0, 0.1) is 18.6 Å². The summed E-state index contributed by atoms with van der Waals surface area (Å²) < 4.78 is 28.9. The first kappa shape index (κ1) is 17.5. The largest absolute Gasteiger partial charge is 0.376 e. The number of rotatable bonds is 4. The Morgan fingerprint density at radius 3 is 2.42 bits per heavy atom. The van der Waals surface area contributed by atoms with Gasteiger partial charge in [-0.25, -0.2) is 18.4 Å². The van der Waals surface area contributed by atoms with Crippen LogP contribution in [0.15, 0.2) is 42.7 Å². The Hall–Kier alpha value is -3.29. The molecule has 0 fully saturated rings. The lowest BCUT2D eigenvalue weighted by atomic mass is 10.2. The number of carbonyl (C=O) groups excluding carboxylic acids is 1. The summed E-state index contributed by atoms with van der Waals surface area (Å²) in [7, 11) is 3.76. The Kier molecular flexibility index (Phi) is 4.66. The van der Waals surface area contributed by atoms with Gasteiger partial charge in [-0.1, -0.05) is 6.07 Å². The van der Waals surface area contributed by atoms with Gasteiger partial charge >= 0.3 is 0 Å². The molecule has 0 unspecified atom stereocenters. The molecule has 0 aliphatic rings. The van der Waals surface area contributed by atoms with Gasteiger partial charge in [0.25, 0.3) is 5.91 Å². The normalized spacial score (nSPS) is 10.7. The number of pyridine rings is 1. The van der Waals surface area contributed by atoms with E-state index in [0.717, 1.165) is 22.5 Å². The topological polar surface area (TPSA) is 63.1 Å². The van der Waals surface area contributed by atoms with Crippen molar-refractivity contribution in [3.05, 3.63) is 65.6 Å². The maximum atomic E-state index is 13.9. The number of aromatic nitrogens is 3. The van der Waals surface area contributed by atoms with Crippen LogP contribution in [0.2, 0.25) is 0 Å². The van der Waals surface area contributed by atoms with Crippen LogP contribution in [0.4, 0.5) is 20.3 Å². The number of hydrogen-bond acceptors (Lipinski definition) is 4. The van der Waals surface area contributed by atoms with Gasteiger partial charge in [0.2, 0.25) is 0 Å². The van der Waals surface area contributed by atoms with Crippen molar-refractivity contribution in [3.63, 3.8) is 0 Å². The molecule has 1 N–H and O–H groups in total. The highest BCUT2D eigenvalue weighted by atomic mass is 19.1. The lowest BCUT2D eigenvalue weighted by molar-refractivity contribution is 0.102. The van der Waals surface area contributed by atoms with Crippen LogP contribution in [-0.2, 0) is 0 Å². The second-order valence-corrected chi connectivity index (χ2v) is 5.93. The highest BCUT2D eigenvalue weighted by Gasteiger charge is 2.18. The van der Waals surface area contributed by atoms with Gasteiger partial charge in [-0.15, -0.1) is 0 Å². The minimum atomic E-state index is -0.764. The van der Waals surface area contributed by atoms with E-state index in [0.29, 0.717) is 11.4 Å². The Balaban J connectivity index is 1.86. The molecule has 0 radical (unpaired) electrons. The zero-order valence-corrected chi connectivity index (χ0v) is 14.5. The maximum absolute atomic E-state index is 13.9.